The Balaban J connectivity index is 1.32. The lowest BCUT2D eigenvalue weighted by molar-refractivity contribution is -0.141. The fourth-order valence-corrected chi connectivity index (χ4v) is 8.04. The van der Waals surface area contributed by atoms with Gasteiger partial charge in [-0.1, -0.05) is 43.3 Å². The molecule has 3 aliphatic rings. The third kappa shape index (κ3) is 6.03. The molecule has 1 unspecified atom stereocenters. The standard InChI is InChI=1S/C37H33N5O6S/c1-24-8-7-15-40(20-24)49(45,46)30-12-6-9-27(17-30)35-28(22-42(39-35)29-10-4-3-5-11-29)18-31-25(2)32(19-38)37(44)41(36(31)43)21-26-13-14-33-34(16-26)48-23-47-33/h3-6,9-14,16-18,22,24H,7-8,15,20-21,23H2,1-2H3/b31-18+. The minimum absolute atomic E-state index is 0.0824. The summed E-state index contributed by atoms with van der Waals surface area (Å²) in [5.41, 5.74) is 3.09. The Morgan fingerprint density at radius 3 is 2.57 bits per heavy atom. The lowest BCUT2D eigenvalue weighted by Crippen LogP contribution is -2.42. The van der Waals surface area contributed by atoms with Crippen LogP contribution in [0.5, 0.6) is 11.5 Å². The van der Waals surface area contributed by atoms with E-state index in [0.29, 0.717) is 47.0 Å². The topological polar surface area (TPSA) is 135 Å². The highest BCUT2D eigenvalue weighted by Crippen LogP contribution is 2.36. The van der Waals surface area contributed by atoms with E-state index in [4.69, 9.17) is 14.6 Å². The second-order valence-electron chi connectivity index (χ2n) is 12.4. The van der Waals surface area contributed by atoms with Crippen LogP contribution >= 0.6 is 0 Å². The van der Waals surface area contributed by atoms with Crippen LogP contribution < -0.4 is 9.47 Å². The fourth-order valence-electron chi connectivity index (χ4n) is 6.40. The third-order valence-electron chi connectivity index (χ3n) is 9.03. The van der Waals surface area contributed by atoms with Crippen LogP contribution in [0, 0.1) is 17.2 Å². The highest BCUT2D eigenvalue weighted by Gasteiger charge is 2.36. The monoisotopic (exact) mass is 675 g/mol. The van der Waals surface area contributed by atoms with Crippen LogP contribution in [0.3, 0.4) is 0 Å². The number of hydrogen-bond acceptors (Lipinski definition) is 8. The van der Waals surface area contributed by atoms with Gasteiger partial charge in [0.15, 0.2) is 11.5 Å². The van der Waals surface area contributed by atoms with Gasteiger partial charge in [0.2, 0.25) is 16.8 Å². The molecule has 0 N–H and O–H groups in total. The second-order valence-corrected chi connectivity index (χ2v) is 14.3. The van der Waals surface area contributed by atoms with E-state index in [0.717, 1.165) is 23.4 Å². The first-order valence-electron chi connectivity index (χ1n) is 16.0. The van der Waals surface area contributed by atoms with Crippen LogP contribution in [-0.4, -0.2) is 59.1 Å². The van der Waals surface area contributed by atoms with Crippen molar-refractivity contribution in [1.82, 2.24) is 19.0 Å². The summed E-state index contributed by atoms with van der Waals surface area (Å²) in [5.74, 6) is 0.0810. The van der Waals surface area contributed by atoms with Gasteiger partial charge < -0.3 is 9.47 Å². The van der Waals surface area contributed by atoms with E-state index in [1.54, 1.807) is 66.3 Å². The van der Waals surface area contributed by atoms with Crippen molar-refractivity contribution in [2.75, 3.05) is 19.9 Å². The number of para-hydroxylation sites is 1. The highest BCUT2D eigenvalue weighted by molar-refractivity contribution is 7.89. The zero-order valence-electron chi connectivity index (χ0n) is 27.0. The van der Waals surface area contributed by atoms with Crippen molar-refractivity contribution in [3.8, 4) is 34.5 Å². The average molecular weight is 676 g/mol. The molecule has 3 aromatic carbocycles. The van der Waals surface area contributed by atoms with Crippen molar-refractivity contribution in [1.29, 1.82) is 5.26 Å². The predicted molar refractivity (Wildman–Crippen MR) is 181 cm³/mol. The summed E-state index contributed by atoms with van der Waals surface area (Å²) in [5, 5.41) is 14.9. The summed E-state index contributed by atoms with van der Waals surface area (Å²) in [6.07, 6.45) is 5.15. The number of ether oxygens (including phenoxy) is 2. The van der Waals surface area contributed by atoms with Crippen LogP contribution in [0.2, 0.25) is 0 Å². The Hall–Kier alpha value is -5.51. The molecule has 49 heavy (non-hydrogen) atoms. The number of benzene rings is 3. The lowest BCUT2D eigenvalue weighted by Gasteiger charge is -2.30. The molecule has 4 aromatic rings. The summed E-state index contributed by atoms with van der Waals surface area (Å²) < 4.78 is 41.5. The molecule has 0 saturated carbocycles. The summed E-state index contributed by atoms with van der Waals surface area (Å²) in [4.78, 5) is 28.7. The van der Waals surface area contributed by atoms with Crippen molar-refractivity contribution in [3.05, 3.63) is 107 Å². The van der Waals surface area contributed by atoms with Crippen molar-refractivity contribution in [2.45, 2.75) is 38.1 Å². The minimum atomic E-state index is -3.76. The lowest BCUT2D eigenvalue weighted by atomic mass is 9.93. The second kappa shape index (κ2) is 12.8. The van der Waals surface area contributed by atoms with E-state index in [2.05, 4.69) is 6.92 Å². The van der Waals surface area contributed by atoms with Gasteiger partial charge in [0.1, 0.15) is 17.3 Å². The van der Waals surface area contributed by atoms with Crippen LogP contribution in [0.25, 0.3) is 23.0 Å². The fraction of sp³-hybridized carbons (Fsp3) is 0.243. The number of amides is 2. The van der Waals surface area contributed by atoms with Gasteiger partial charge >= 0.3 is 0 Å². The van der Waals surface area contributed by atoms with E-state index in [1.165, 1.54) is 4.31 Å². The normalized spacial score (nSPS) is 19.1. The third-order valence-corrected chi connectivity index (χ3v) is 10.9. The zero-order valence-corrected chi connectivity index (χ0v) is 27.8. The molecule has 0 spiro atoms. The van der Waals surface area contributed by atoms with Crippen molar-refractivity contribution in [3.63, 3.8) is 0 Å². The Morgan fingerprint density at radius 1 is 1.00 bits per heavy atom. The maximum atomic E-state index is 14.1. The quantitative estimate of drug-likeness (QED) is 0.186. The van der Waals surface area contributed by atoms with E-state index in [-0.39, 0.29) is 40.9 Å². The number of sulfonamides is 1. The Labute approximate surface area is 284 Å². The molecule has 7 rings (SSSR count). The molecule has 11 nitrogen and oxygen atoms in total. The number of imide groups is 1. The number of carbonyl (C=O) groups excluding carboxylic acids is 2. The Bertz CT molecular complexity index is 2200. The summed E-state index contributed by atoms with van der Waals surface area (Å²) >= 11 is 0. The highest BCUT2D eigenvalue weighted by atomic mass is 32.2. The van der Waals surface area contributed by atoms with Crippen LogP contribution in [0.15, 0.2) is 101 Å². The molecule has 12 heteroatoms. The molecule has 248 valence electrons. The molecular formula is C37H33N5O6S. The number of carbonyl (C=O) groups is 2. The molecule has 1 aromatic heterocycles. The van der Waals surface area contributed by atoms with E-state index in [1.807, 2.05) is 36.4 Å². The molecule has 2 amide bonds. The number of fused-ring (bicyclic) bond motifs is 1. The summed E-state index contributed by atoms with van der Waals surface area (Å²) in [6.45, 7) is 4.55. The van der Waals surface area contributed by atoms with Crippen molar-refractivity contribution >= 4 is 27.9 Å². The number of piperidine rings is 1. The first-order valence-corrected chi connectivity index (χ1v) is 17.4. The Morgan fingerprint density at radius 2 is 1.80 bits per heavy atom. The van der Waals surface area contributed by atoms with E-state index >= 15 is 0 Å². The molecule has 0 radical (unpaired) electrons. The maximum absolute atomic E-state index is 14.1. The number of aromatic nitrogens is 2. The molecule has 1 saturated heterocycles. The molecule has 1 fully saturated rings. The van der Waals surface area contributed by atoms with Crippen LogP contribution in [0.1, 0.15) is 37.8 Å². The first kappa shape index (κ1) is 32.1. The summed E-state index contributed by atoms with van der Waals surface area (Å²) in [7, 11) is -3.76. The molecular weight excluding hydrogens is 643 g/mol. The number of nitrogens with zero attached hydrogens (tertiary/aromatic N) is 5. The van der Waals surface area contributed by atoms with Crippen molar-refractivity contribution in [2.24, 2.45) is 5.92 Å². The molecule has 3 aliphatic heterocycles. The van der Waals surface area contributed by atoms with E-state index in [9.17, 15) is 23.3 Å². The van der Waals surface area contributed by atoms with Gasteiger partial charge in [-0.3, -0.25) is 14.5 Å². The van der Waals surface area contributed by atoms with Crippen LogP contribution in [-0.2, 0) is 26.2 Å². The van der Waals surface area contributed by atoms with Gasteiger partial charge in [-0.2, -0.15) is 14.7 Å². The zero-order chi connectivity index (χ0) is 34.3. The maximum Gasteiger partial charge on any atom is 0.271 e. The van der Waals surface area contributed by atoms with Crippen LogP contribution in [0.4, 0.5) is 0 Å². The minimum Gasteiger partial charge on any atom is -0.454 e. The van der Waals surface area contributed by atoms with Gasteiger partial charge in [0.05, 0.1) is 17.1 Å². The molecule has 0 bridgehead atoms. The first-order chi connectivity index (χ1) is 23.6. The van der Waals surface area contributed by atoms with Gasteiger partial charge in [0.25, 0.3) is 11.8 Å². The van der Waals surface area contributed by atoms with E-state index < -0.39 is 21.8 Å². The average Bonchev–Trinajstić information content (AvgIpc) is 3.76. The largest absolute Gasteiger partial charge is 0.454 e. The SMILES string of the molecule is CC1=C(C#N)C(=O)N(Cc2ccc3c(c2)OCO3)C(=O)/C1=C/c1cn(-c2ccccc2)nc1-c1cccc(S(=O)(=O)N2CCCC(C)C2)c1. The number of rotatable bonds is 7. The number of hydrogen-bond donors (Lipinski definition) is 0. The Kier molecular flexibility index (Phi) is 8.40. The predicted octanol–water partition coefficient (Wildman–Crippen LogP) is 5.48. The van der Waals surface area contributed by atoms with Gasteiger partial charge in [-0.05, 0) is 79.3 Å². The van der Waals surface area contributed by atoms with Gasteiger partial charge in [0, 0.05) is 36.0 Å². The molecule has 1 atom stereocenters. The molecule has 4 heterocycles. The number of nitriles is 1. The van der Waals surface area contributed by atoms with Crippen molar-refractivity contribution < 1.29 is 27.5 Å². The summed E-state index contributed by atoms with van der Waals surface area (Å²) in [6, 6.07) is 23.2. The smallest absolute Gasteiger partial charge is 0.271 e. The molecule has 0 aliphatic carbocycles. The van der Waals surface area contributed by atoms with Gasteiger partial charge in [-0.15, -0.1) is 0 Å². The van der Waals surface area contributed by atoms with Gasteiger partial charge in [-0.25, -0.2) is 13.1 Å².